The Morgan fingerprint density at radius 1 is 1.06 bits per heavy atom. The molecule has 2 aromatic carbocycles. The topological polar surface area (TPSA) is 159 Å². The van der Waals surface area contributed by atoms with Crippen LogP contribution in [0, 0.1) is 17.1 Å². The van der Waals surface area contributed by atoms with Crippen molar-refractivity contribution in [3.8, 4) is 28.8 Å². The van der Waals surface area contributed by atoms with Crippen LogP contribution >= 0.6 is 0 Å². The number of halogens is 1. The van der Waals surface area contributed by atoms with Gasteiger partial charge in [-0.1, -0.05) is 18.2 Å². The highest BCUT2D eigenvalue weighted by Crippen LogP contribution is 2.36. The Kier molecular flexibility index (Phi) is 10.9. The number of ether oxygens (including phenoxy) is 2. The fraction of sp³-hybridized carbons (Fsp3) is 0.432. The summed E-state index contributed by atoms with van der Waals surface area (Å²) in [6.07, 6.45) is 4.58. The third kappa shape index (κ3) is 7.57. The first-order chi connectivity index (χ1) is 24.7. The van der Waals surface area contributed by atoms with Crippen molar-refractivity contribution in [3.63, 3.8) is 0 Å². The number of piperidine rings is 1. The molecule has 3 saturated heterocycles. The molecule has 4 aromatic rings. The molecule has 13 nitrogen and oxygen atoms in total. The van der Waals surface area contributed by atoms with Gasteiger partial charge < -0.3 is 25.2 Å². The number of nitrogens with zero attached hydrogens (tertiary/aromatic N) is 8. The van der Waals surface area contributed by atoms with Gasteiger partial charge in [-0.15, -0.1) is 0 Å². The van der Waals surface area contributed by atoms with Crippen molar-refractivity contribution < 1.29 is 23.8 Å². The Bertz CT molecular complexity index is 1910. The van der Waals surface area contributed by atoms with E-state index in [0.717, 1.165) is 46.5 Å². The van der Waals surface area contributed by atoms with E-state index in [1.807, 2.05) is 24.3 Å². The highest BCUT2D eigenvalue weighted by molar-refractivity contribution is 5.99. The SMILES string of the molecule is CC(C)(/C=C(\C#N)C(=O)N1CCCC(n2nc(-c3ccc(Oc4ccccc4)cc3F)c3c(N)ncnc32)C1)N1CCN(C2COC2)CC1.CO. The quantitative estimate of drug-likeness (QED) is 0.202. The number of benzene rings is 2. The van der Waals surface area contributed by atoms with Crippen LogP contribution in [0.3, 0.4) is 0 Å². The summed E-state index contributed by atoms with van der Waals surface area (Å²) in [6, 6.07) is 16.2. The van der Waals surface area contributed by atoms with Gasteiger partial charge in [0.2, 0.25) is 0 Å². The van der Waals surface area contributed by atoms with Crippen molar-refractivity contribution in [2.75, 3.05) is 65.3 Å². The summed E-state index contributed by atoms with van der Waals surface area (Å²) < 4.78 is 28.6. The fourth-order valence-electron chi connectivity index (χ4n) is 7.01. The van der Waals surface area contributed by atoms with Crippen LogP contribution in [-0.2, 0) is 9.53 Å². The second kappa shape index (κ2) is 15.5. The lowest BCUT2D eigenvalue weighted by Crippen LogP contribution is -2.59. The largest absolute Gasteiger partial charge is 0.457 e. The Balaban J connectivity index is 0.00000220. The van der Waals surface area contributed by atoms with E-state index in [1.165, 1.54) is 12.4 Å². The first-order valence-corrected chi connectivity index (χ1v) is 17.2. The summed E-state index contributed by atoms with van der Waals surface area (Å²) in [5.41, 5.74) is 6.97. The Labute approximate surface area is 296 Å². The average Bonchev–Trinajstić information content (AvgIpc) is 3.52. The second-order valence-electron chi connectivity index (χ2n) is 13.4. The molecule has 14 heteroatoms. The zero-order chi connectivity index (χ0) is 36.1. The van der Waals surface area contributed by atoms with Gasteiger partial charge in [0, 0.05) is 63.5 Å². The maximum absolute atomic E-state index is 15.7. The van der Waals surface area contributed by atoms with E-state index in [9.17, 15) is 10.1 Å². The van der Waals surface area contributed by atoms with E-state index < -0.39 is 11.4 Å². The van der Waals surface area contributed by atoms with Crippen LogP contribution in [0.2, 0.25) is 0 Å². The van der Waals surface area contributed by atoms with E-state index in [2.05, 4.69) is 39.7 Å². The van der Waals surface area contributed by atoms with Crippen LogP contribution in [0.4, 0.5) is 10.2 Å². The molecule has 0 spiro atoms. The highest BCUT2D eigenvalue weighted by Gasteiger charge is 2.35. The van der Waals surface area contributed by atoms with Gasteiger partial charge in [-0.25, -0.2) is 19.0 Å². The normalized spacial score (nSPS) is 19.2. The summed E-state index contributed by atoms with van der Waals surface area (Å²) >= 11 is 0. The van der Waals surface area contributed by atoms with Gasteiger partial charge >= 0.3 is 0 Å². The van der Waals surface area contributed by atoms with Gasteiger partial charge in [-0.2, -0.15) is 10.4 Å². The third-order valence-electron chi connectivity index (χ3n) is 9.84. The molecule has 0 bridgehead atoms. The lowest BCUT2D eigenvalue weighted by atomic mass is 9.96. The minimum atomic E-state index is -0.534. The zero-order valence-corrected chi connectivity index (χ0v) is 29.2. The number of anilines is 1. The molecule has 268 valence electrons. The molecule has 0 radical (unpaired) electrons. The predicted molar refractivity (Wildman–Crippen MR) is 190 cm³/mol. The van der Waals surface area contributed by atoms with Crippen molar-refractivity contribution in [1.29, 1.82) is 5.26 Å². The van der Waals surface area contributed by atoms with Gasteiger partial charge in [0.25, 0.3) is 5.91 Å². The number of nitriles is 1. The summed E-state index contributed by atoms with van der Waals surface area (Å²) in [5, 5.41) is 22.4. The maximum atomic E-state index is 15.7. The van der Waals surface area contributed by atoms with Gasteiger partial charge in [0.1, 0.15) is 46.8 Å². The Morgan fingerprint density at radius 3 is 2.47 bits per heavy atom. The molecule has 0 saturated carbocycles. The number of carbonyl (C=O) groups is 1. The minimum absolute atomic E-state index is 0.123. The van der Waals surface area contributed by atoms with Crippen LogP contribution in [0.15, 0.2) is 66.5 Å². The Hall–Kier alpha value is -4.94. The zero-order valence-electron chi connectivity index (χ0n) is 29.2. The third-order valence-corrected chi connectivity index (χ3v) is 9.84. The number of para-hydroxylation sites is 1. The number of piperazine rings is 1. The lowest BCUT2D eigenvalue weighted by molar-refractivity contribution is -0.128. The summed E-state index contributed by atoms with van der Waals surface area (Å²) in [4.78, 5) is 29.0. The van der Waals surface area contributed by atoms with Gasteiger partial charge in [0.05, 0.1) is 30.7 Å². The number of rotatable bonds is 8. The average molecular weight is 698 g/mol. The molecule has 2 aromatic heterocycles. The second-order valence-corrected chi connectivity index (χ2v) is 13.4. The molecular formula is C37H44FN9O4. The molecule has 3 N–H and O–H groups in total. The molecular weight excluding hydrogens is 653 g/mol. The van der Waals surface area contributed by atoms with E-state index in [1.54, 1.807) is 33.8 Å². The van der Waals surface area contributed by atoms with Crippen molar-refractivity contribution in [1.82, 2.24) is 34.4 Å². The number of aliphatic hydroxyl groups is 1. The lowest BCUT2D eigenvalue weighted by Gasteiger charge is -2.46. The molecule has 1 atom stereocenters. The fourth-order valence-corrected chi connectivity index (χ4v) is 7.01. The van der Waals surface area contributed by atoms with Crippen LogP contribution < -0.4 is 10.5 Å². The molecule has 3 aliphatic heterocycles. The number of aromatic nitrogens is 4. The van der Waals surface area contributed by atoms with Crippen LogP contribution in [-0.4, -0.2) is 117 Å². The van der Waals surface area contributed by atoms with Gasteiger partial charge in [0.15, 0.2) is 5.65 Å². The molecule has 51 heavy (non-hydrogen) atoms. The van der Waals surface area contributed by atoms with E-state index >= 15 is 4.39 Å². The van der Waals surface area contributed by atoms with Crippen molar-refractivity contribution in [2.45, 2.75) is 44.3 Å². The van der Waals surface area contributed by atoms with E-state index in [-0.39, 0.29) is 28.9 Å². The number of aliphatic hydroxyl groups excluding tert-OH is 1. The van der Waals surface area contributed by atoms with Crippen molar-refractivity contribution >= 4 is 22.8 Å². The number of hydrogen-bond donors (Lipinski definition) is 2. The number of nitrogen functional groups attached to an aromatic ring is 1. The number of carbonyl (C=O) groups excluding carboxylic acids is 1. The van der Waals surface area contributed by atoms with Crippen molar-refractivity contribution in [3.05, 3.63) is 72.3 Å². The molecule has 1 unspecified atom stereocenters. The predicted octanol–water partition coefficient (Wildman–Crippen LogP) is 4.02. The summed E-state index contributed by atoms with van der Waals surface area (Å²) in [6.45, 7) is 10.1. The van der Waals surface area contributed by atoms with Crippen LogP contribution in [0.1, 0.15) is 32.7 Å². The van der Waals surface area contributed by atoms with E-state index in [0.29, 0.717) is 60.2 Å². The smallest absolute Gasteiger partial charge is 0.264 e. The number of hydrogen-bond acceptors (Lipinski definition) is 11. The summed E-state index contributed by atoms with van der Waals surface area (Å²) in [5.74, 6) is 0.273. The molecule has 3 aliphatic rings. The highest BCUT2D eigenvalue weighted by atomic mass is 19.1. The van der Waals surface area contributed by atoms with Gasteiger partial charge in [-0.05, 0) is 57.0 Å². The first-order valence-electron chi connectivity index (χ1n) is 17.2. The standard InChI is InChI=1S/C36H40FN9O3.CH4O/c1-36(2,45-15-13-43(14-16-45)26-21-48-22-26)18-24(19-38)35(47)44-12-6-7-25(20-44)46-34-31(33(39)40-23-41-34)32(42-46)29-11-10-28(17-30(29)37)49-27-8-4-3-5-9-27;1-2/h3-5,8-11,17-18,23,25-26H,6-7,12-16,20-22H2,1-2H3,(H2,39,40,41);2H,1H3/b24-18+;. The molecule has 7 rings (SSSR count). The Morgan fingerprint density at radius 2 is 1.80 bits per heavy atom. The minimum Gasteiger partial charge on any atom is -0.457 e. The number of nitrogens with two attached hydrogens (primary N) is 1. The molecule has 1 amide bonds. The van der Waals surface area contributed by atoms with Crippen LogP contribution in [0.5, 0.6) is 11.5 Å². The monoisotopic (exact) mass is 697 g/mol. The van der Waals surface area contributed by atoms with E-state index in [4.69, 9.17) is 25.4 Å². The number of amides is 1. The molecule has 0 aliphatic carbocycles. The number of fused-ring (bicyclic) bond motifs is 1. The first kappa shape index (κ1) is 35.9. The summed E-state index contributed by atoms with van der Waals surface area (Å²) in [7, 11) is 1.00. The maximum Gasteiger partial charge on any atom is 0.264 e. The molecule has 5 heterocycles. The molecule has 3 fully saturated rings. The number of likely N-dealkylation sites (tertiary alicyclic amines) is 1. The van der Waals surface area contributed by atoms with Gasteiger partial charge in [-0.3, -0.25) is 14.6 Å². The van der Waals surface area contributed by atoms with Crippen molar-refractivity contribution in [2.24, 2.45) is 0 Å². The van der Waals surface area contributed by atoms with Crippen LogP contribution in [0.25, 0.3) is 22.3 Å².